The second-order valence-electron chi connectivity index (χ2n) is 5.33. The van der Waals surface area contributed by atoms with Gasteiger partial charge in [-0.1, -0.05) is 49.4 Å². The molecule has 22 heavy (non-hydrogen) atoms. The van der Waals surface area contributed by atoms with Gasteiger partial charge >= 0.3 is 0 Å². The molecule has 0 saturated carbocycles. The van der Waals surface area contributed by atoms with Crippen LogP contribution in [0, 0.1) is 0 Å². The van der Waals surface area contributed by atoms with Gasteiger partial charge in [0.2, 0.25) is 5.91 Å². The molecule has 2 aromatic carbocycles. The third kappa shape index (κ3) is 3.12. The highest BCUT2D eigenvalue weighted by Crippen LogP contribution is 2.47. The van der Waals surface area contributed by atoms with Gasteiger partial charge in [-0.15, -0.1) is 0 Å². The van der Waals surface area contributed by atoms with Crippen LogP contribution in [0.5, 0.6) is 0 Å². The summed E-state index contributed by atoms with van der Waals surface area (Å²) in [7, 11) is 0. The number of hydrogen-bond acceptors (Lipinski definition) is 3. The summed E-state index contributed by atoms with van der Waals surface area (Å²) in [5.74, 6) is 0.0740. The van der Waals surface area contributed by atoms with E-state index in [1.165, 1.54) is 9.79 Å². The number of benzene rings is 2. The minimum absolute atomic E-state index is 0.0740. The molecule has 0 bridgehead atoms. The Labute approximate surface area is 135 Å². The summed E-state index contributed by atoms with van der Waals surface area (Å²) in [4.78, 5) is 16.8. The molecule has 2 aromatic rings. The van der Waals surface area contributed by atoms with Gasteiger partial charge in [-0.25, -0.2) is 0 Å². The van der Waals surface area contributed by atoms with Gasteiger partial charge in [0.25, 0.3) is 0 Å². The van der Waals surface area contributed by atoms with Crippen molar-refractivity contribution in [2.45, 2.75) is 29.6 Å². The van der Waals surface area contributed by atoms with Gasteiger partial charge in [-0.3, -0.25) is 4.79 Å². The van der Waals surface area contributed by atoms with Crippen molar-refractivity contribution >= 4 is 29.0 Å². The van der Waals surface area contributed by atoms with Crippen LogP contribution >= 0.6 is 11.8 Å². The van der Waals surface area contributed by atoms with Crippen molar-refractivity contribution < 1.29 is 4.79 Å². The number of amides is 1. The van der Waals surface area contributed by atoms with Gasteiger partial charge in [0.1, 0.15) is 6.54 Å². The SMILES string of the molecule is CCCCNC(=O)CN1c2ccccc2Sc2ccccc21. The number of carbonyl (C=O) groups is 1. The molecule has 4 heteroatoms. The molecule has 0 fully saturated rings. The second kappa shape index (κ2) is 6.88. The normalized spacial score (nSPS) is 12.5. The molecule has 114 valence electrons. The first-order valence-corrected chi connectivity index (χ1v) is 8.51. The Morgan fingerprint density at radius 3 is 2.23 bits per heavy atom. The standard InChI is InChI=1S/C18H20N2OS/c1-2-3-12-19-18(21)13-20-14-8-4-6-10-16(14)22-17-11-7-5-9-15(17)20/h4-11H,2-3,12-13H2,1H3,(H,19,21). The van der Waals surface area contributed by atoms with E-state index in [4.69, 9.17) is 0 Å². The molecule has 3 rings (SSSR count). The van der Waals surface area contributed by atoms with Gasteiger partial charge in [0.15, 0.2) is 0 Å². The van der Waals surface area contributed by atoms with Crippen molar-refractivity contribution in [2.24, 2.45) is 0 Å². The van der Waals surface area contributed by atoms with E-state index in [-0.39, 0.29) is 5.91 Å². The van der Waals surface area contributed by atoms with Gasteiger partial charge in [-0.05, 0) is 30.7 Å². The van der Waals surface area contributed by atoms with Crippen LogP contribution in [0.4, 0.5) is 11.4 Å². The number of unbranched alkanes of at least 4 members (excludes halogenated alkanes) is 1. The van der Waals surface area contributed by atoms with E-state index >= 15 is 0 Å². The molecule has 0 aromatic heterocycles. The Morgan fingerprint density at radius 2 is 1.64 bits per heavy atom. The fourth-order valence-corrected chi connectivity index (χ4v) is 3.65. The fraction of sp³-hybridized carbons (Fsp3) is 0.278. The number of hydrogen-bond donors (Lipinski definition) is 1. The highest BCUT2D eigenvalue weighted by atomic mass is 32.2. The first-order chi connectivity index (χ1) is 10.8. The predicted octanol–water partition coefficient (Wildman–Crippen LogP) is 4.21. The largest absolute Gasteiger partial charge is 0.355 e. The minimum atomic E-state index is 0.0740. The third-order valence-corrected chi connectivity index (χ3v) is 4.82. The topological polar surface area (TPSA) is 32.3 Å². The summed E-state index contributed by atoms with van der Waals surface area (Å²) < 4.78 is 0. The summed E-state index contributed by atoms with van der Waals surface area (Å²) in [5, 5.41) is 3.01. The van der Waals surface area contributed by atoms with Crippen LogP contribution in [0.15, 0.2) is 58.3 Å². The molecule has 1 N–H and O–H groups in total. The number of rotatable bonds is 5. The average molecular weight is 312 g/mol. The van der Waals surface area contributed by atoms with Gasteiger partial charge < -0.3 is 10.2 Å². The van der Waals surface area contributed by atoms with Crippen LogP contribution in [-0.4, -0.2) is 19.0 Å². The number of fused-ring (bicyclic) bond motifs is 2. The van der Waals surface area contributed by atoms with Crippen LogP contribution in [0.25, 0.3) is 0 Å². The molecule has 1 aliphatic rings. The first kappa shape index (κ1) is 15.0. The Bertz CT molecular complexity index is 626. The van der Waals surface area contributed by atoms with Crippen LogP contribution in [0.3, 0.4) is 0 Å². The first-order valence-electron chi connectivity index (χ1n) is 7.69. The molecule has 0 aliphatic carbocycles. The van der Waals surface area contributed by atoms with Crippen LogP contribution in [0.2, 0.25) is 0 Å². The molecule has 1 aliphatic heterocycles. The zero-order valence-corrected chi connectivity index (χ0v) is 13.5. The lowest BCUT2D eigenvalue weighted by atomic mass is 10.2. The highest BCUT2D eigenvalue weighted by molar-refractivity contribution is 7.99. The molecule has 0 saturated heterocycles. The number of carbonyl (C=O) groups excluding carboxylic acids is 1. The quantitative estimate of drug-likeness (QED) is 0.840. The summed E-state index contributed by atoms with van der Waals surface area (Å²) in [6.45, 7) is 3.24. The minimum Gasteiger partial charge on any atom is -0.355 e. The highest BCUT2D eigenvalue weighted by Gasteiger charge is 2.24. The summed E-state index contributed by atoms with van der Waals surface area (Å²) >= 11 is 1.76. The molecule has 3 nitrogen and oxygen atoms in total. The number of anilines is 2. The van der Waals surface area contributed by atoms with Crippen molar-refractivity contribution in [3.8, 4) is 0 Å². The molecule has 0 radical (unpaired) electrons. The van der Waals surface area contributed by atoms with Crippen LogP contribution in [-0.2, 0) is 4.79 Å². The maximum Gasteiger partial charge on any atom is 0.239 e. The van der Waals surface area contributed by atoms with Crippen LogP contribution < -0.4 is 10.2 Å². The lowest BCUT2D eigenvalue weighted by Crippen LogP contribution is -2.36. The number of nitrogens with one attached hydrogen (secondary N) is 1. The van der Waals surface area contributed by atoms with Gasteiger partial charge in [-0.2, -0.15) is 0 Å². The van der Waals surface area contributed by atoms with Gasteiger partial charge in [0.05, 0.1) is 11.4 Å². The zero-order valence-electron chi connectivity index (χ0n) is 12.7. The molecule has 1 amide bonds. The molecule has 1 heterocycles. The Morgan fingerprint density at radius 1 is 1.05 bits per heavy atom. The van der Waals surface area contributed by atoms with Crippen molar-refractivity contribution in [3.05, 3.63) is 48.5 Å². The van der Waals surface area contributed by atoms with Gasteiger partial charge in [0, 0.05) is 16.3 Å². The maximum atomic E-state index is 12.2. The van der Waals surface area contributed by atoms with E-state index in [2.05, 4.69) is 41.4 Å². The van der Waals surface area contributed by atoms with Crippen molar-refractivity contribution in [1.82, 2.24) is 5.32 Å². The predicted molar refractivity (Wildman–Crippen MR) is 91.9 cm³/mol. The Kier molecular flexibility index (Phi) is 4.68. The van der Waals surface area contributed by atoms with E-state index in [9.17, 15) is 4.79 Å². The fourth-order valence-electron chi connectivity index (χ4n) is 2.56. The summed E-state index contributed by atoms with van der Waals surface area (Å²) in [6.07, 6.45) is 2.11. The second-order valence-corrected chi connectivity index (χ2v) is 6.41. The molecule has 0 atom stereocenters. The third-order valence-electron chi connectivity index (χ3n) is 3.69. The lowest BCUT2D eigenvalue weighted by Gasteiger charge is -2.32. The smallest absolute Gasteiger partial charge is 0.239 e. The molecule has 0 spiro atoms. The van der Waals surface area contributed by atoms with E-state index in [1.807, 2.05) is 24.3 Å². The molecule has 0 unspecified atom stereocenters. The van der Waals surface area contributed by atoms with E-state index in [1.54, 1.807) is 11.8 Å². The molecular formula is C18H20N2OS. The molecular weight excluding hydrogens is 292 g/mol. The summed E-state index contributed by atoms with van der Waals surface area (Å²) in [5.41, 5.74) is 2.22. The van der Waals surface area contributed by atoms with Crippen molar-refractivity contribution in [3.63, 3.8) is 0 Å². The van der Waals surface area contributed by atoms with E-state index < -0.39 is 0 Å². The average Bonchev–Trinajstić information content (AvgIpc) is 2.55. The maximum absolute atomic E-state index is 12.2. The lowest BCUT2D eigenvalue weighted by molar-refractivity contribution is -0.119. The Hall–Kier alpha value is -1.94. The van der Waals surface area contributed by atoms with Crippen molar-refractivity contribution in [2.75, 3.05) is 18.0 Å². The number of para-hydroxylation sites is 2. The monoisotopic (exact) mass is 312 g/mol. The zero-order chi connectivity index (χ0) is 15.4. The van der Waals surface area contributed by atoms with Crippen LogP contribution in [0.1, 0.15) is 19.8 Å². The number of nitrogens with zero attached hydrogens (tertiary/aromatic N) is 1. The van der Waals surface area contributed by atoms with E-state index in [0.717, 1.165) is 30.8 Å². The van der Waals surface area contributed by atoms with Crippen molar-refractivity contribution in [1.29, 1.82) is 0 Å². The van der Waals surface area contributed by atoms with E-state index in [0.29, 0.717) is 6.54 Å². The summed E-state index contributed by atoms with van der Waals surface area (Å²) in [6, 6.07) is 16.5. The Balaban J connectivity index is 1.85.